The third-order valence-electron chi connectivity index (χ3n) is 4.42. The summed E-state index contributed by atoms with van der Waals surface area (Å²) in [6.45, 7) is 2.32. The molecule has 0 spiro atoms. The van der Waals surface area contributed by atoms with E-state index in [0.29, 0.717) is 45.6 Å². The number of hydrogen-bond donors (Lipinski definition) is 0. The average molecular weight is 362 g/mol. The van der Waals surface area contributed by atoms with Crippen molar-refractivity contribution in [2.75, 3.05) is 26.2 Å². The molecule has 3 rings (SSSR count). The molecule has 6 nitrogen and oxygen atoms in total. The average Bonchev–Trinajstić information content (AvgIpc) is 3.17. The summed E-state index contributed by atoms with van der Waals surface area (Å²) >= 11 is 0. The number of amides is 2. The lowest BCUT2D eigenvalue weighted by molar-refractivity contribution is -0.132. The lowest BCUT2D eigenvalue weighted by atomic mass is 10.1. The zero-order chi connectivity index (χ0) is 18.5. The number of carbonyl (C=O) groups is 2. The van der Waals surface area contributed by atoms with Crippen LogP contribution in [0, 0.1) is 11.6 Å². The number of halogens is 2. The van der Waals surface area contributed by atoms with E-state index in [4.69, 9.17) is 0 Å². The highest BCUT2D eigenvalue weighted by Gasteiger charge is 2.25. The first-order chi connectivity index (χ1) is 12.5. The molecule has 0 N–H and O–H groups in total. The number of hydrogen-bond acceptors (Lipinski definition) is 3. The Labute approximate surface area is 150 Å². The standard InChI is InChI=1S/C18H20F2N4O2/c19-15-5-4-14(13-16(15)20)18(26)23-11-9-22(10-12-23)17(25)3-1-7-24-8-2-6-21-24/h2,4-6,8,13H,1,3,7,9-12H2. The number of carbonyl (C=O) groups excluding carboxylic acids is 2. The number of piperazine rings is 1. The Kier molecular flexibility index (Phi) is 5.60. The molecule has 0 saturated carbocycles. The number of benzene rings is 1. The summed E-state index contributed by atoms with van der Waals surface area (Å²) in [5.41, 5.74) is 0.114. The van der Waals surface area contributed by atoms with Crippen LogP contribution in [0.1, 0.15) is 23.2 Å². The Morgan fingerprint density at radius 1 is 1.04 bits per heavy atom. The van der Waals surface area contributed by atoms with E-state index >= 15 is 0 Å². The molecule has 0 atom stereocenters. The number of rotatable bonds is 5. The van der Waals surface area contributed by atoms with Gasteiger partial charge in [0.05, 0.1) is 0 Å². The van der Waals surface area contributed by atoms with Gasteiger partial charge >= 0.3 is 0 Å². The maximum absolute atomic E-state index is 13.3. The van der Waals surface area contributed by atoms with Crippen molar-refractivity contribution in [1.29, 1.82) is 0 Å². The fourth-order valence-corrected chi connectivity index (χ4v) is 2.95. The highest BCUT2D eigenvalue weighted by Crippen LogP contribution is 2.13. The normalized spacial score (nSPS) is 14.5. The molecule has 1 aliphatic rings. The van der Waals surface area contributed by atoms with Gasteiger partial charge in [0.15, 0.2) is 11.6 Å². The Hall–Kier alpha value is -2.77. The zero-order valence-corrected chi connectivity index (χ0v) is 14.3. The SMILES string of the molecule is O=C(CCCn1cccn1)N1CCN(C(=O)c2ccc(F)c(F)c2)CC1. The van der Waals surface area contributed by atoms with E-state index in [-0.39, 0.29) is 17.4 Å². The Balaban J connectivity index is 1.46. The first kappa shape index (κ1) is 18.0. The van der Waals surface area contributed by atoms with Gasteiger partial charge in [0.25, 0.3) is 5.91 Å². The van der Waals surface area contributed by atoms with E-state index in [1.807, 2.05) is 12.3 Å². The van der Waals surface area contributed by atoms with E-state index in [1.165, 1.54) is 6.07 Å². The predicted octanol–water partition coefficient (Wildman–Crippen LogP) is 1.93. The van der Waals surface area contributed by atoms with E-state index in [0.717, 1.165) is 12.1 Å². The minimum Gasteiger partial charge on any atom is -0.339 e. The topological polar surface area (TPSA) is 58.4 Å². The van der Waals surface area contributed by atoms with E-state index in [1.54, 1.807) is 20.7 Å². The summed E-state index contributed by atoms with van der Waals surface area (Å²) in [6.07, 6.45) is 4.68. The number of aryl methyl sites for hydroxylation is 1. The third kappa shape index (κ3) is 4.25. The van der Waals surface area contributed by atoms with Crippen LogP contribution in [-0.2, 0) is 11.3 Å². The van der Waals surface area contributed by atoms with Crippen LogP contribution in [0.3, 0.4) is 0 Å². The quantitative estimate of drug-likeness (QED) is 0.817. The summed E-state index contributed by atoms with van der Waals surface area (Å²) in [5, 5.41) is 4.09. The molecule has 138 valence electrons. The van der Waals surface area contributed by atoms with Gasteiger partial charge in [-0.2, -0.15) is 5.10 Å². The lowest BCUT2D eigenvalue weighted by Gasteiger charge is -2.35. The second-order valence-corrected chi connectivity index (χ2v) is 6.17. The zero-order valence-electron chi connectivity index (χ0n) is 14.3. The third-order valence-corrected chi connectivity index (χ3v) is 4.42. The van der Waals surface area contributed by atoms with Gasteiger partial charge in [-0.1, -0.05) is 0 Å². The van der Waals surface area contributed by atoms with Crippen molar-refractivity contribution in [2.45, 2.75) is 19.4 Å². The monoisotopic (exact) mass is 362 g/mol. The van der Waals surface area contributed by atoms with Crippen molar-refractivity contribution >= 4 is 11.8 Å². The summed E-state index contributed by atoms with van der Waals surface area (Å²) < 4.78 is 28.1. The van der Waals surface area contributed by atoms with Crippen LogP contribution in [0.15, 0.2) is 36.7 Å². The van der Waals surface area contributed by atoms with Gasteiger partial charge in [0, 0.05) is 57.1 Å². The van der Waals surface area contributed by atoms with Crippen molar-refractivity contribution in [3.63, 3.8) is 0 Å². The van der Waals surface area contributed by atoms with Gasteiger partial charge in [-0.3, -0.25) is 14.3 Å². The predicted molar refractivity (Wildman–Crippen MR) is 90.3 cm³/mol. The van der Waals surface area contributed by atoms with Gasteiger partial charge in [-0.25, -0.2) is 8.78 Å². The second-order valence-electron chi connectivity index (χ2n) is 6.17. The fraction of sp³-hybridized carbons (Fsp3) is 0.389. The van der Waals surface area contributed by atoms with E-state index in [9.17, 15) is 18.4 Å². The lowest BCUT2D eigenvalue weighted by Crippen LogP contribution is -2.50. The van der Waals surface area contributed by atoms with Crippen molar-refractivity contribution < 1.29 is 18.4 Å². The molecule has 0 unspecified atom stereocenters. The first-order valence-electron chi connectivity index (χ1n) is 8.54. The van der Waals surface area contributed by atoms with Gasteiger partial charge in [0.1, 0.15) is 0 Å². The van der Waals surface area contributed by atoms with Crippen LogP contribution < -0.4 is 0 Å². The molecule has 0 aliphatic carbocycles. The molecular formula is C18H20F2N4O2. The Bertz CT molecular complexity index is 772. The van der Waals surface area contributed by atoms with Crippen LogP contribution in [0.5, 0.6) is 0 Å². The molecule has 2 heterocycles. The van der Waals surface area contributed by atoms with Gasteiger partial charge in [-0.15, -0.1) is 0 Å². The van der Waals surface area contributed by atoms with Crippen molar-refractivity contribution in [3.05, 3.63) is 53.9 Å². The minimum absolute atomic E-state index is 0.0529. The molecule has 26 heavy (non-hydrogen) atoms. The Morgan fingerprint density at radius 3 is 2.42 bits per heavy atom. The van der Waals surface area contributed by atoms with Gasteiger partial charge < -0.3 is 9.80 Å². The highest BCUT2D eigenvalue weighted by molar-refractivity contribution is 5.94. The molecule has 0 radical (unpaired) electrons. The molecule has 2 aromatic rings. The van der Waals surface area contributed by atoms with Gasteiger partial charge in [0.2, 0.25) is 5.91 Å². The number of aromatic nitrogens is 2. The van der Waals surface area contributed by atoms with Crippen LogP contribution in [0.4, 0.5) is 8.78 Å². The summed E-state index contributed by atoms with van der Waals surface area (Å²) in [7, 11) is 0. The first-order valence-corrected chi connectivity index (χ1v) is 8.54. The molecular weight excluding hydrogens is 342 g/mol. The minimum atomic E-state index is -1.04. The van der Waals surface area contributed by atoms with Crippen LogP contribution in [-0.4, -0.2) is 57.6 Å². The summed E-state index contributed by atoms with van der Waals surface area (Å²) in [4.78, 5) is 27.9. The van der Waals surface area contributed by atoms with Crippen molar-refractivity contribution in [3.8, 4) is 0 Å². The second kappa shape index (κ2) is 8.07. The number of nitrogens with zero attached hydrogens (tertiary/aromatic N) is 4. The Morgan fingerprint density at radius 2 is 1.77 bits per heavy atom. The van der Waals surface area contributed by atoms with E-state index < -0.39 is 11.6 Å². The van der Waals surface area contributed by atoms with Crippen molar-refractivity contribution in [1.82, 2.24) is 19.6 Å². The highest BCUT2D eigenvalue weighted by atomic mass is 19.2. The maximum Gasteiger partial charge on any atom is 0.254 e. The van der Waals surface area contributed by atoms with Crippen LogP contribution >= 0.6 is 0 Å². The van der Waals surface area contributed by atoms with Crippen LogP contribution in [0.25, 0.3) is 0 Å². The largest absolute Gasteiger partial charge is 0.339 e. The maximum atomic E-state index is 13.3. The summed E-state index contributed by atoms with van der Waals surface area (Å²) in [5.74, 6) is -2.32. The molecule has 2 amide bonds. The molecule has 0 bridgehead atoms. The molecule has 1 saturated heterocycles. The molecule has 1 aromatic heterocycles. The van der Waals surface area contributed by atoms with Crippen molar-refractivity contribution in [2.24, 2.45) is 0 Å². The van der Waals surface area contributed by atoms with Crippen LogP contribution in [0.2, 0.25) is 0 Å². The smallest absolute Gasteiger partial charge is 0.254 e. The molecule has 1 aromatic carbocycles. The fourth-order valence-electron chi connectivity index (χ4n) is 2.95. The van der Waals surface area contributed by atoms with E-state index in [2.05, 4.69) is 5.10 Å². The molecule has 8 heteroatoms. The molecule has 1 aliphatic heterocycles. The molecule has 1 fully saturated rings. The van der Waals surface area contributed by atoms with Gasteiger partial charge in [-0.05, 0) is 30.7 Å². The summed E-state index contributed by atoms with van der Waals surface area (Å²) in [6, 6.07) is 4.96.